The van der Waals surface area contributed by atoms with Gasteiger partial charge in [0, 0.05) is 11.4 Å². The second-order valence-corrected chi connectivity index (χ2v) is 6.46. The van der Waals surface area contributed by atoms with Gasteiger partial charge >= 0.3 is 5.97 Å². The standard InChI is InChI=1S/C14H16ClNO3S/c15-10-1-2-11(14(18)19)12(8-10)16-13(17)7-9-3-5-20-6-4-9/h1-2,8-9H,3-7H2,(H,16,17)(H,18,19). The third kappa shape index (κ3) is 4.15. The van der Waals surface area contributed by atoms with Crippen molar-refractivity contribution in [1.82, 2.24) is 0 Å². The molecule has 2 N–H and O–H groups in total. The van der Waals surface area contributed by atoms with Gasteiger partial charge in [-0.1, -0.05) is 11.6 Å². The number of hydrogen-bond acceptors (Lipinski definition) is 3. The first kappa shape index (κ1) is 15.2. The van der Waals surface area contributed by atoms with Crippen molar-refractivity contribution < 1.29 is 14.7 Å². The molecule has 1 aromatic rings. The first-order valence-electron chi connectivity index (χ1n) is 6.46. The maximum atomic E-state index is 12.0. The zero-order valence-electron chi connectivity index (χ0n) is 10.9. The number of hydrogen-bond donors (Lipinski definition) is 2. The molecule has 0 bridgehead atoms. The predicted molar refractivity (Wildman–Crippen MR) is 81.7 cm³/mol. The van der Waals surface area contributed by atoms with E-state index in [1.807, 2.05) is 11.8 Å². The van der Waals surface area contributed by atoms with Gasteiger partial charge in [0.1, 0.15) is 0 Å². The van der Waals surface area contributed by atoms with Crippen molar-refractivity contribution in [2.75, 3.05) is 16.8 Å². The molecule has 1 aliphatic heterocycles. The number of rotatable bonds is 4. The van der Waals surface area contributed by atoms with Crippen LogP contribution in [0.25, 0.3) is 0 Å². The number of anilines is 1. The monoisotopic (exact) mass is 313 g/mol. The summed E-state index contributed by atoms with van der Waals surface area (Å²) in [6.45, 7) is 0. The number of nitrogens with one attached hydrogen (secondary N) is 1. The topological polar surface area (TPSA) is 66.4 Å². The molecule has 2 rings (SSSR count). The van der Waals surface area contributed by atoms with E-state index in [1.54, 1.807) is 0 Å². The normalized spacial score (nSPS) is 15.8. The third-order valence-electron chi connectivity index (χ3n) is 3.30. The van der Waals surface area contributed by atoms with Gasteiger partial charge in [-0.3, -0.25) is 4.79 Å². The van der Waals surface area contributed by atoms with Crippen molar-refractivity contribution in [1.29, 1.82) is 0 Å². The van der Waals surface area contributed by atoms with Gasteiger partial charge in [0.25, 0.3) is 0 Å². The zero-order chi connectivity index (χ0) is 14.5. The van der Waals surface area contributed by atoms with Crippen LogP contribution >= 0.6 is 23.4 Å². The molecular formula is C14H16ClNO3S. The van der Waals surface area contributed by atoms with Gasteiger partial charge in [-0.25, -0.2) is 4.79 Å². The van der Waals surface area contributed by atoms with Crippen LogP contribution in [0, 0.1) is 5.92 Å². The van der Waals surface area contributed by atoms with Crippen LogP contribution in [-0.4, -0.2) is 28.5 Å². The van der Waals surface area contributed by atoms with Crippen LogP contribution in [0.15, 0.2) is 18.2 Å². The van der Waals surface area contributed by atoms with E-state index >= 15 is 0 Å². The van der Waals surface area contributed by atoms with E-state index in [-0.39, 0.29) is 17.2 Å². The molecular weight excluding hydrogens is 298 g/mol. The summed E-state index contributed by atoms with van der Waals surface area (Å²) in [6, 6.07) is 4.37. The number of carboxylic acids is 1. The number of aromatic carboxylic acids is 1. The Morgan fingerprint density at radius 1 is 1.35 bits per heavy atom. The minimum Gasteiger partial charge on any atom is -0.478 e. The number of thioether (sulfide) groups is 1. The van der Waals surface area contributed by atoms with Crippen molar-refractivity contribution in [3.8, 4) is 0 Å². The Balaban J connectivity index is 2.03. The molecule has 0 aromatic heterocycles. The lowest BCUT2D eigenvalue weighted by Gasteiger charge is -2.20. The van der Waals surface area contributed by atoms with Crippen molar-refractivity contribution in [2.24, 2.45) is 5.92 Å². The minimum absolute atomic E-state index is 0.0574. The lowest BCUT2D eigenvalue weighted by molar-refractivity contribution is -0.117. The highest BCUT2D eigenvalue weighted by Crippen LogP contribution is 2.26. The van der Waals surface area contributed by atoms with Crippen LogP contribution in [0.4, 0.5) is 5.69 Å². The van der Waals surface area contributed by atoms with Crippen LogP contribution < -0.4 is 5.32 Å². The molecule has 1 amide bonds. The molecule has 0 saturated carbocycles. The summed E-state index contributed by atoms with van der Waals surface area (Å²) >= 11 is 7.76. The van der Waals surface area contributed by atoms with E-state index in [2.05, 4.69) is 5.32 Å². The predicted octanol–water partition coefficient (Wildman–Crippen LogP) is 3.51. The maximum absolute atomic E-state index is 12.0. The van der Waals surface area contributed by atoms with Gasteiger partial charge in [0.2, 0.25) is 5.91 Å². The molecule has 0 atom stereocenters. The fraction of sp³-hybridized carbons (Fsp3) is 0.429. The van der Waals surface area contributed by atoms with Gasteiger partial charge < -0.3 is 10.4 Å². The average Bonchev–Trinajstić information content (AvgIpc) is 2.39. The lowest BCUT2D eigenvalue weighted by Crippen LogP contribution is -2.20. The van der Waals surface area contributed by atoms with Crippen molar-refractivity contribution >= 4 is 40.9 Å². The second-order valence-electron chi connectivity index (χ2n) is 4.80. The summed E-state index contributed by atoms with van der Waals surface area (Å²) in [4.78, 5) is 23.1. The number of carboxylic acid groups (broad SMARTS) is 1. The number of halogens is 1. The van der Waals surface area contributed by atoms with Crippen LogP contribution in [-0.2, 0) is 4.79 Å². The molecule has 4 nitrogen and oxygen atoms in total. The van der Waals surface area contributed by atoms with Crippen molar-refractivity contribution in [2.45, 2.75) is 19.3 Å². The summed E-state index contributed by atoms with van der Waals surface area (Å²) in [7, 11) is 0. The SMILES string of the molecule is O=C(CC1CCSCC1)Nc1cc(Cl)ccc1C(=O)O. The Kier molecular flexibility index (Phi) is 5.31. The molecule has 0 radical (unpaired) electrons. The van der Waals surface area contributed by atoms with Crippen molar-refractivity contribution in [3.63, 3.8) is 0 Å². The first-order chi connectivity index (χ1) is 9.56. The van der Waals surface area contributed by atoms with Gasteiger partial charge in [-0.15, -0.1) is 0 Å². The number of benzene rings is 1. The van der Waals surface area contributed by atoms with Crippen LogP contribution in [0.5, 0.6) is 0 Å². The van der Waals surface area contributed by atoms with Gasteiger partial charge in [-0.2, -0.15) is 11.8 Å². The highest BCUT2D eigenvalue weighted by Gasteiger charge is 2.19. The van der Waals surface area contributed by atoms with Gasteiger partial charge in [0.05, 0.1) is 11.3 Å². The highest BCUT2D eigenvalue weighted by molar-refractivity contribution is 7.99. The lowest BCUT2D eigenvalue weighted by atomic mass is 9.98. The summed E-state index contributed by atoms with van der Waals surface area (Å²) in [5.74, 6) is 1.35. The molecule has 1 fully saturated rings. The Labute approximate surface area is 126 Å². The molecule has 1 saturated heterocycles. The summed E-state index contributed by atoms with van der Waals surface area (Å²) in [6.07, 6.45) is 2.52. The molecule has 0 aliphatic carbocycles. The molecule has 108 valence electrons. The van der Waals surface area contributed by atoms with Crippen LogP contribution in [0.1, 0.15) is 29.6 Å². The van der Waals surface area contributed by atoms with E-state index < -0.39 is 5.97 Å². The van der Waals surface area contributed by atoms with Crippen molar-refractivity contribution in [3.05, 3.63) is 28.8 Å². The molecule has 1 aromatic carbocycles. The minimum atomic E-state index is -1.08. The molecule has 6 heteroatoms. The highest BCUT2D eigenvalue weighted by atomic mass is 35.5. The summed E-state index contributed by atoms with van der Waals surface area (Å²) in [5, 5.41) is 12.2. The Morgan fingerprint density at radius 3 is 2.70 bits per heavy atom. The summed E-state index contributed by atoms with van der Waals surface area (Å²) < 4.78 is 0. The number of carbonyl (C=O) groups is 2. The van der Waals surface area contributed by atoms with Gasteiger partial charge in [-0.05, 0) is 48.5 Å². The second kappa shape index (κ2) is 6.99. The summed E-state index contributed by atoms with van der Waals surface area (Å²) in [5.41, 5.74) is 0.321. The average molecular weight is 314 g/mol. The largest absolute Gasteiger partial charge is 0.478 e. The maximum Gasteiger partial charge on any atom is 0.337 e. The first-order valence-corrected chi connectivity index (χ1v) is 8.00. The molecule has 20 heavy (non-hydrogen) atoms. The van der Waals surface area contributed by atoms with Crippen LogP contribution in [0.3, 0.4) is 0 Å². The van der Waals surface area contributed by atoms with Crippen LogP contribution in [0.2, 0.25) is 5.02 Å². The molecule has 0 unspecified atom stereocenters. The zero-order valence-corrected chi connectivity index (χ0v) is 12.5. The quantitative estimate of drug-likeness (QED) is 0.892. The van der Waals surface area contributed by atoms with E-state index in [0.29, 0.717) is 17.4 Å². The number of amides is 1. The van der Waals surface area contributed by atoms with E-state index in [4.69, 9.17) is 16.7 Å². The van der Waals surface area contributed by atoms with E-state index in [1.165, 1.54) is 18.2 Å². The third-order valence-corrected chi connectivity index (χ3v) is 4.58. The Morgan fingerprint density at radius 2 is 2.05 bits per heavy atom. The molecule has 1 aliphatic rings. The Hall–Kier alpha value is -1.20. The molecule has 1 heterocycles. The van der Waals surface area contributed by atoms with E-state index in [0.717, 1.165) is 24.3 Å². The van der Waals surface area contributed by atoms with E-state index in [9.17, 15) is 9.59 Å². The fourth-order valence-electron chi connectivity index (χ4n) is 2.22. The van der Waals surface area contributed by atoms with Gasteiger partial charge in [0.15, 0.2) is 0 Å². The number of carbonyl (C=O) groups excluding carboxylic acids is 1. The Bertz CT molecular complexity index is 515. The smallest absolute Gasteiger partial charge is 0.337 e. The fourth-order valence-corrected chi connectivity index (χ4v) is 3.60. The molecule has 0 spiro atoms.